The third kappa shape index (κ3) is 2.94. The first kappa shape index (κ1) is 13.6. The van der Waals surface area contributed by atoms with E-state index in [-0.39, 0.29) is 5.91 Å². The van der Waals surface area contributed by atoms with Crippen LogP contribution in [0.5, 0.6) is 0 Å². The standard InChI is InChI=1S/C15H26N2O/c1-5-14(18)17-11-12-9-13(17)10-16(12)8-6-7-15(2,3)4/h5,12-13H,1,6-11H2,2-4H3. The maximum atomic E-state index is 11.6. The number of carbonyl (C=O) groups is 1. The van der Waals surface area contributed by atoms with E-state index in [1.54, 1.807) is 0 Å². The number of amides is 1. The minimum atomic E-state index is 0.108. The SMILES string of the molecule is C=CC(=O)N1CC2CC1CN2CCCC(C)(C)C. The van der Waals surface area contributed by atoms with Gasteiger partial charge in [0.2, 0.25) is 5.91 Å². The van der Waals surface area contributed by atoms with Gasteiger partial charge in [0.1, 0.15) is 0 Å². The van der Waals surface area contributed by atoms with Crippen LogP contribution in [0.4, 0.5) is 0 Å². The van der Waals surface area contributed by atoms with E-state index in [4.69, 9.17) is 0 Å². The molecule has 2 aliphatic rings. The van der Waals surface area contributed by atoms with Crippen molar-refractivity contribution in [2.24, 2.45) is 5.41 Å². The molecule has 3 heteroatoms. The van der Waals surface area contributed by atoms with Gasteiger partial charge in [-0.2, -0.15) is 0 Å². The Bertz CT molecular complexity index is 332. The van der Waals surface area contributed by atoms with Gasteiger partial charge in [0.05, 0.1) is 0 Å². The van der Waals surface area contributed by atoms with Gasteiger partial charge in [-0.25, -0.2) is 0 Å². The number of piperazine rings is 1. The summed E-state index contributed by atoms with van der Waals surface area (Å²) in [6.45, 7) is 13.6. The summed E-state index contributed by atoms with van der Waals surface area (Å²) < 4.78 is 0. The average molecular weight is 250 g/mol. The van der Waals surface area contributed by atoms with E-state index in [9.17, 15) is 4.79 Å². The number of nitrogens with zero attached hydrogens (tertiary/aromatic N) is 2. The lowest BCUT2D eigenvalue weighted by molar-refractivity contribution is -0.128. The first-order chi connectivity index (χ1) is 8.40. The highest BCUT2D eigenvalue weighted by atomic mass is 16.2. The maximum Gasteiger partial charge on any atom is 0.246 e. The normalized spacial score (nSPS) is 27.8. The molecule has 0 aliphatic carbocycles. The highest BCUT2D eigenvalue weighted by Gasteiger charge is 2.44. The highest BCUT2D eigenvalue weighted by Crippen LogP contribution is 2.31. The third-order valence-electron chi connectivity index (χ3n) is 4.18. The zero-order chi connectivity index (χ0) is 13.3. The molecule has 18 heavy (non-hydrogen) atoms. The van der Waals surface area contributed by atoms with E-state index >= 15 is 0 Å². The molecule has 0 radical (unpaired) electrons. The first-order valence-corrected chi connectivity index (χ1v) is 7.08. The molecule has 2 rings (SSSR count). The zero-order valence-corrected chi connectivity index (χ0v) is 12.0. The van der Waals surface area contributed by atoms with Gasteiger partial charge in [-0.1, -0.05) is 27.4 Å². The summed E-state index contributed by atoms with van der Waals surface area (Å²) in [5, 5.41) is 0. The van der Waals surface area contributed by atoms with Crippen molar-refractivity contribution in [2.75, 3.05) is 19.6 Å². The fraction of sp³-hybridized carbons (Fsp3) is 0.800. The Balaban J connectivity index is 1.77. The molecular formula is C15H26N2O. The highest BCUT2D eigenvalue weighted by molar-refractivity contribution is 5.87. The lowest BCUT2D eigenvalue weighted by atomic mass is 9.90. The Morgan fingerprint density at radius 3 is 2.56 bits per heavy atom. The predicted octanol–water partition coefficient (Wildman–Crippen LogP) is 2.28. The van der Waals surface area contributed by atoms with Crippen molar-refractivity contribution in [1.29, 1.82) is 0 Å². The lowest BCUT2D eigenvalue weighted by Crippen LogP contribution is -2.48. The predicted molar refractivity (Wildman–Crippen MR) is 74.4 cm³/mol. The van der Waals surface area contributed by atoms with Crippen LogP contribution in [0.15, 0.2) is 12.7 Å². The molecule has 2 atom stereocenters. The van der Waals surface area contributed by atoms with Crippen LogP contribution in [0.25, 0.3) is 0 Å². The number of hydrogen-bond donors (Lipinski definition) is 0. The van der Waals surface area contributed by atoms with Crippen molar-refractivity contribution in [3.8, 4) is 0 Å². The van der Waals surface area contributed by atoms with Crippen LogP contribution in [-0.2, 0) is 4.79 Å². The number of hydrogen-bond acceptors (Lipinski definition) is 2. The molecule has 102 valence electrons. The third-order valence-corrected chi connectivity index (χ3v) is 4.18. The number of carbonyl (C=O) groups excluding carboxylic acids is 1. The van der Waals surface area contributed by atoms with E-state index in [0.29, 0.717) is 17.5 Å². The molecule has 0 N–H and O–H groups in total. The van der Waals surface area contributed by atoms with Gasteiger partial charge in [0.15, 0.2) is 0 Å². The second-order valence-corrected chi connectivity index (χ2v) is 6.90. The molecule has 3 nitrogen and oxygen atoms in total. The Labute approximate surface area is 111 Å². The first-order valence-electron chi connectivity index (χ1n) is 7.08. The van der Waals surface area contributed by atoms with E-state index in [1.165, 1.54) is 25.5 Å². The molecule has 0 saturated carbocycles. The van der Waals surface area contributed by atoms with E-state index in [1.807, 2.05) is 4.90 Å². The molecule has 0 aromatic heterocycles. The molecule has 1 amide bonds. The van der Waals surface area contributed by atoms with Crippen LogP contribution < -0.4 is 0 Å². The molecule has 2 aliphatic heterocycles. The maximum absolute atomic E-state index is 11.6. The Hall–Kier alpha value is -0.830. The fourth-order valence-electron chi connectivity index (χ4n) is 3.22. The van der Waals surface area contributed by atoms with Gasteiger partial charge in [0, 0.05) is 25.2 Å². The summed E-state index contributed by atoms with van der Waals surface area (Å²) >= 11 is 0. The van der Waals surface area contributed by atoms with Crippen LogP contribution in [-0.4, -0.2) is 47.4 Å². The van der Waals surface area contributed by atoms with Crippen molar-refractivity contribution >= 4 is 5.91 Å². The lowest BCUT2D eigenvalue weighted by Gasteiger charge is -2.34. The molecule has 0 aromatic rings. The quantitative estimate of drug-likeness (QED) is 0.715. The average Bonchev–Trinajstić information content (AvgIpc) is 2.85. The van der Waals surface area contributed by atoms with Gasteiger partial charge in [-0.05, 0) is 37.3 Å². The molecule has 2 unspecified atom stereocenters. The fourth-order valence-corrected chi connectivity index (χ4v) is 3.22. The zero-order valence-electron chi connectivity index (χ0n) is 12.0. The van der Waals surface area contributed by atoms with Gasteiger partial charge < -0.3 is 4.90 Å². The van der Waals surface area contributed by atoms with Crippen molar-refractivity contribution in [1.82, 2.24) is 9.80 Å². The molecule has 2 fully saturated rings. The molecule has 2 saturated heterocycles. The summed E-state index contributed by atoms with van der Waals surface area (Å²) in [5.74, 6) is 0.108. The molecule has 0 aromatic carbocycles. The summed E-state index contributed by atoms with van der Waals surface area (Å²) in [5.41, 5.74) is 0.434. The van der Waals surface area contributed by atoms with Crippen molar-refractivity contribution < 1.29 is 4.79 Å². The largest absolute Gasteiger partial charge is 0.333 e. The summed E-state index contributed by atoms with van der Waals surface area (Å²) in [6, 6.07) is 1.04. The number of rotatable bonds is 4. The van der Waals surface area contributed by atoms with Crippen LogP contribution in [0.1, 0.15) is 40.0 Å². The summed E-state index contributed by atoms with van der Waals surface area (Å²) in [7, 11) is 0. The van der Waals surface area contributed by atoms with Crippen LogP contribution in [0.2, 0.25) is 0 Å². The Kier molecular flexibility index (Phi) is 3.81. The molecule has 0 spiro atoms. The van der Waals surface area contributed by atoms with Crippen molar-refractivity contribution in [3.05, 3.63) is 12.7 Å². The number of likely N-dealkylation sites (tertiary alicyclic amines) is 2. The Morgan fingerprint density at radius 1 is 1.33 bits per heavy atom. The minimum Gasteiger partial charge on any atom is -0.333 e. The molecule has 2 heterocycles. The second-order valence-electron chi connectivity index (χ2n) is 6.90. The Morgan fingerprint density at radius 2 is 2.06 bits per heavy atom. The minimum absolute atomic E-state index is 0.108. The topological polar surface area (TPSA) is 23.6 Å². The summed E-state index contributed by atoms with van der Waals surface area (Å²) in [6.07, 6.45) is 5.15. The van der Waals surface area contributed by atoms with Crippen molar-refractivity contribution in [3.63, 3.8) is 0 Å². The second kappa shape index (κ2) is 5.04. The van der Waals surface area contributed by atoms with Gasteiger partial charge in [-0.15, -0.1) is 0 Å². The molecular weight excluding hydrogens is 224 g/mol. The van der Waals surface area contributed by atoms with Gasteiger partial charge in [0.25, 0.3) is 0 Å². The summed E-state index contributed by atoms with van der Waals surface area (Å²) in [4.78, 5) is 16.2. The van der Waals surface area contributed by atoms with E-state index in [0.717, 1.165) is 19.5 Å². The van der Waals surface area contributed by atoms with Crippen LogP contribution in [0, 0.1) is 5.41 Å². The van der Waals surface area contributed by atoms with Crippen molar-refractivity contribution in [2.45, 2.75) is 52.1 Å². The van der Waals surface area contributed by atoms with Crippen LogP contribution >= 0.6 is 0 Å². The monoisotopic (exact) mass is 250 g/mol. The number of fused-ring (bicyclic) bond motifs is 2. The van der Waals surface area contributed by atoms with E-state index in [2.05, 4.69) is 32.3 Å². The smallest absolute Gasteiger partial charge is 0.246 e. The van der Waals surface area contributed by atoms with E-state index < -0.39 is 0 Å². The van der Waals surface area contributed by atoms with Crippen LogP contribution in [0.3, 0.4) is 0 Å². The van der Waals surface area contributed by atoms with Gasteiger partial charge >= 0.3 is 0 Å². The molecule has 2 bridgehead atoms. The van der Waals surface area contributed by atoms with Gasteiger partial charge in [-0.3, -0.25) is 9.69 Å².